The lowest BCUT2D eigenvalue weighted by Gasteiger charge is -2.41. The molecule has 1 saturated carbocycles. The molecular formula is C12H22N2O2. The second-order valence-electron chi connectivity index (χ2n) is 5.45. The van der Waals surface area contributed by atoms with E-state index in [1.165, 1.54) is 6.42 Å². The van der Waals surface area contributed by atoms with Crippen LogP contribution in [-0.4, -0.2) is 41.1 Å². The van der Waals surface area contributed by atoms with Crippen LogP contribution in [0.5, 0.6) is 0 Å². The van der Waals surface area contributed by atoms with Gasteiger partial charge >= 0.3 is 0 Å². The average molecular weight is 226 g/mol. The maximum Gasteiger partial charge on any atom is 0.224 e. The smallest absolute Gasteiger partial charge is 0.224 e. The zero-order chi connectivity index (χ0) is 11.6. The average Bonchev–Trinajstić information content (AvgIpc) is 2.16. The van der Waals surface area contributed by atoms with E-state index in [-0.39, 0.29) is 18.1 Å². The van der Waals surface area contributed by atoms with Gasteiger partial charge in [0.15, 0.2) is 0 Å². The molecule has 3 N–H and O–H groups in total. The molecule has 0 aromatic rings. The van der Waals surface area contributed by atoms with E-state index in [2.05, 4.69) is 0 Å². The molecule has 1 amide bonds. The van der Waals surface area contributed by atoms with Crippen molar-refractivity contribution >= 4 is 5.91 Å². The second-order valence-corrected chi connectivity index (χ2v) is 5.45. The number of rotatable bonds is 3. The van der Waals surface area contributed by atoms with E-state index in [0.717, 1.165) is 25.7 Å². The van der Waals surface area contributed by atoms with Gasteiger partial charge in [0.05, 0.1) is 0 Å². The third-order valence-electron chi connectivity index (χ3n) is 3.92. The molecule has 1 aliphatic carbocycles. The molecular weight excluding hydrogens is 204 g/mol. The first-order valence-corrected chi connectivity index (χ1v) is 6.30. The summed E-state index contributed by atoms with van der Waals surface area (Å²) in [6.45, 7) is 1.62. The van der Waals surface area contributed by atoms with Gasteiger partial charge in [0.25, 0.3) is 0 Å². The molecule has 4 heteroatoms. The maximum absolute atomic E-state index is 11.9. The zero-order valence-electron chi connectivity index (χ0n) is 9.82. The van der Waals surface area contributed by atoms with E-state index >= 15 is 0 Å². The van der Waals surface area contributed by atoms with Gasteiger partial charge in [-0.05, 0) is 12.8 Å². The molecule has 2 fully saturated rings. The Morgan fingerprint density at radius 2 is 1.94 bits per heavy atom. The van der Waals surface area contributed by atoms with E-state index in [0.29, 0.717) is 25.4 Å². The normalized spacial score (nSPS) is 25.2. The molecule has 1 aliphatic heterocycles. The van der Waals surface area contributed by atoms with Crippen LogP contribution in [0.1, 0.15) is 38.5 Å². The molecule has 0 aromatic carbocycles. The van der Waals surface area contributed by atoms with Crippen LogP contribution in [0.4, 0.5) is 0 Å². The van der Waals surface area contributed by atoms with Crippen LogP contribution < -0.4 is 5.73 Å². The lowest BCUT2D eigenvalue weighted by atomic mass is 9.79. The highest BCUT2D eigenvalue weighted by atomic mass is 16.3. The summed E-state index contributed by atoms with van der Waals surface area (Å²) >= 11 is 0. The Hall–Kier alpha value is -0.610. The van der Waals surface area contributed by atoms with Crippen molar-refractivity contribution in [3.05, 3.63) is 0 Å². The Kier molecular flexibility index (Phi) is 3.50. The van der Waals surface area contributed by atoms with Crippen molar-refractivity contribution in [1.82, 2.24) is 4.90 Å². The van der Waals surface area contributed by atoms with Gasteiger partial charge in [0.1, 0.15) is 0 Å². The Morgan fingerprint density at radius 1 is 1.31 bits per heavy atom. The minimum atomic E-state index is -0.250. The van der Waals surface area contributed by atoms with E-state index in [9.17, 15) is 4.79 Å². The number of amides is 1. The van der Waals surface area contributed by atoms with Gasteiger partial charge in [-0.15, -0.1) is 0 Å². The predicted molar refractivity (Wildman–Crippen MR) is 61.8 cm³/mol. The van der Waals surface area contributed by atoms with Crippen molar-refractivity contribution in [3.63, 3.8) is 0 Å². The molecule has 16 heavy (non-hydrogen) atoms. The van der Waals surface area contributed by atoms with Crippen molar-refractivity contribution in [1.29, 1.82) is 0 Å². The molecule has 0 atom stereocenters. The molecule has 4 nitrogen and oxygen atoms in total. The first-order chi connectivity index (χ1) is 7.63. The van der Waals surface area contributed by atoms with Crippen molar-refractivity contribution < 1.29 is 9.90 Å². The van der Waals surface area contributed by atoms with Crippen LogP contribution in [0.3, 0.4) is 0 Å². The largest absolute Gasteiger partial charge is 0.396 e. The van der Waals surface area contributed by atoms with E-state index in [1.807, 2.05) is 4.90 Å². The van der Waals surface area contributed by atoms with Crippen LogP contribution in [0.15, 0.2) is 0 Å². The summed E-state index contributed by atoms with van der Waals surface area (Å²) in [4.78, 5) is 13.7. The van der Waals surface area contributed by atoms with Crippen molar-refractivity contribution in [2.75, 3.05) is 19.7 Å². The van der Waals surface area contributed by atoms with Crippen LogP contribution in [-0.2, 0) is 4.79 Å². The van der Waals surface area contributed by atoms with Crippen molar-refractivity contribution in [2.24, 2.45) is 11.7 Å². The molecule has 0 spiro atoms. The quantitative estimate of drug-likeness (QED) is 0.736. The molecule has 92 valence electrons. The first kappa shape index (κ1) is 11.9. The topological polar surface area (TPSA) is 66.6 Å². The Bertz CT molecular complexity index is 256. The van der Waals surface area contributed by atoms with Gasteiger partial charge in [-0.25, -0.2) is 0 Å². The first-order valence-electron chi connectivity index (χ1n) is 6.30. The monoisotopic (exact) mass is 226 g/mol. The second kappa shape index (κ2) is 4.72. The molecule has 0 radical (unpaired) electrons. The van der Waals surface area contributed by atoms with Gasteiger partial charge in [0, 0.05) is 37.6 Å². The molecule has 0 unspecified atom stereocenters. The lowest BCUT2D eigenvalue weighted by Crippen LogP contribution is -2.54. The highest BCUT2D eigenvalue weighted by Crippen LogP contribution is 2.30. The standard InChI is InChI=1S/C12H22N2O2/c13-12(4-2-1-3-5-12)6-11(16)14-7-10(8-14)9-15/h10,15H,1-9,13H2. The Morgan fingerprint density at radius 3 is 2.50 bits per heavy atom. The number of hydrogen-bond acceptors (Lipinski definition) is 3. The summed E-state index contributed by atoms with van der Waals surface area (Å²) in [6, 6.07) is 0. The van der Waals surface area contributed by atoms with Crippen LogP contribution in [0, 0.1) is 5.92 Å². The molecule has 2 rings (SSSR count). The summed E-state index contributed by atoms with van der Waals surface area (Å²) in [5.74, 6) is 0.470. The minimum absolute atomic E-state index is 0.175. The molecule has 0 aromatic heterocycles. The van der Waals surface area contributed by atoms with Gasteiger partial charge in [-0.3, -0.25) is 4.79 Å². The number of aliphatic hydroxyl groups is 1. The van der Waals surface area contributed by atoms with Crippen LogP contribution in [0.2, 0.25) is 0 Å². The maximum atomic E-state index is 11.9. The van der Waals surface area contributed by atoms with E-state index < -0.39 is 0 Å². The van der Waals surface area contributed by atoms with Crippen molar-refractivity contribution in [2.45, 2.75) is 44.1 Å². The fourth-order valence-corrected chi connectivity index (χ4v) is 2.73. The third-order valence-corrected chi connectivity index (χ3v) is 3.92. The van der Waals surface area contributed by atoms with E-state index in [4.69, 9.17) is 10.8 Å². The molecule has 2 aliphatic rings. The number of nitrogens with two attached hydrogens (primary N) is 1. The number of aliphatic hydroxyl groups excluding tert-OH is 1. The molecule has 1 heterocycles. The SMILES string of the molecule is NC1(CC(=O)N2CC(CO)C2)CCCCC1. The van der Waals surface area contributed by atoms with Crippen LogP contribution in [0.25, 0.3) is 0 Å². The molecule has 1 saturated heterocycles. The summed E-state index contributed by atoms with van der Waals surface area (Å²) in [5, 5.41) is 8.90. The van der Waals surface area contributed by atoms with Crippen LogP contribution >= 0.6 is 0 Å². The Balaban J connectivity index is 1.78. The number of carbonyl (C=O) groups excluding carboxylic acids is 1. The van der Waals surface area contributed by atoms with Gasteiger partial charge in [-0.2, -0.15) is 0 Å². The Labute approximate surface area is 96.8 Å². The predicted octanol–water partition coefficient (Wildman–Crippen LogP) is 0.489. The highest BCUT2D eigenvalue weighted by Gasteiger charge is 2.35. The minimum Gasteiger partial charge on any atom is -0.396 e. The molecule has 0 bridgehead atoms. The summed E-state index contributed by atoms with van der Waals surface area (Å²) in [7, 11) is 0. The third kappa shape index (κ3) is 2.55. The summed E-state index contributed by atoms with van der Waals surface area (Å²) in [6.07, 6.45) is 6.02. The van der Waals surface area contributed by atoms with E-state index in [1.54, 1.807) is 0 Å². The van der Waals surface area contributed by atoms with Crippen molar-refractivity contribution in [3.8, 4) is 0 Å². The van der Waals surface area contributed by atoms with Gasteiger partial charge < -0.3 is 15.7 Å². The fraction of sp³-hybridized carbons (Fsp3) is 0.917. The fourth-order valence-electron chi connectivity index (χ4n) is 2.73. The zero-order valence-corrected chi connectivity index (χ0v) is 9.82. The van der Waals surface area contributed by atoms with Gasteiger partial charge in [0.2, 0.25) is 5.91 Å². The number of likely N-dealkylation sites (tertiary alicyclic amines) is 1. The number of hydrogen-bond donors (Lipinski definition) is 2. The van der Waals surface area contributed by atoms with Gasteiger partial charge in [-0.1, -0.05) is 19.3 Å². The number of carbonyl (C=O) groups is 1. The summed E-state index contributed by atoms with van der Waals surface area (Å²) in [5.41, 5.74) is 6.00. The number of nitrogens with zero attached hydrogens (tertiary/aromatic N) is 1. The highest BCUT2D eigenvalue weighted by molar-refractivity contribution is 5.78. The summed E-state index contributed by atoms with van der Waals surface area (Å²) < 4.78 is 0. The lowest BCUT2D eigenvalue weighted by molar-refractivity contribution is -0.140.